The van der Waals surface area contributed by atoms with Gasteiger partial charge >= 0.3 is 0 Å². The highest BCUT2D eigenvalue weighted by molar-refractivity contribution is 9.10. The molecule has 0 fully saturated rings. The standard InChI is InChI=1S/C20H22BrN3OS/c1-23(2)11-6-12-24(19(25)13-15-7-4-3-5-8-15)20-22-17-10-9-16(21)14-18(17)26-20/h3-5,7-10,14H,6,11-13H2,1-2H3. The number of benzene rings is 2. The van der Waals surface area contributed by atoms with E-state index in [0.717, 1.165) is 38.3 Å². The molecule has 0 bridgehead atoms. The highest BCUT2D eigenvalue weighted by atomic mass is 79.9. The van der Waals surface area contributed by atoms with Gasteiger partial charge in [-0.2, -0.15) is 0 Å². The molecular weight excluding hydrogens is 410 g/mol. The Morgan fingerprint density at radius 1 is 1.12 bits per heavy atom. The second-order valence-electron chi connectivity index (χ2n) is 6.47. The fourth-order valence-corrected chi connectivity index (χ4v) is 4.30. The quantitative estimate of drug-likeness (QED) is 0.548. The Kier molecular flexibility index (Phi) is 6.40. The molecule has 6 heteroatoms. The lowest BCUT2D eigenvalue weighted by Crippen LogP contribution is -2.34. The fraction of sp³-hybridized carbons (Fsp3) is 0.300. The summed E-state index contributed by atoms with van der Waals surface area (Å²) in [6.45, 7) is 1.61. The second kappa shape index (κ2) is 8.75. The lowest BCUT2D eigenvalue weighted by molar-refractivity contribution is -0.118. The number of anilines is 1. The van der Waals surface area contributed by atoms with E-state index in [4.69, 9.17) is 4.98 Å². The summed E-state index contributed by atoms with van der Waals surface area (Å²) < 4.78 is 2.11. The minimum atomic E-state index is 0.0908. The van der Waals surface area contributed by atoms with Gasteiger partial charge in [0.1, 0.15) is 0 Å². The first kappa shape index (κ1) is 19.0. The lowest BCUT2D eigenvalue weighted by atomic mass is 10.1. The smallest absolute Gasteiger partial charge is 0.233 e. The first-order valence-electron chi connectivity index (χ1n) is 8.58. The maximum atomic E-state index is 13.0. The molecule has 0 saturated carbocycles. The summed E-state index contributed by atoms with van der Waals surface area (Å²) in [5.74, 6) is 0.0908. The molecule has 3 rings (SSSR count). The van der Waals surface area contributed by atoms with E-state index in [2.05, 4.69) is 26.9 Å². The van der Waals surface area contributed by atoms with Crippen molar-refractivity contribution in [2.75, 3.05) is 32.1 Å². The highest BCUT2D eigenvalue weighted by Crippen LogP contribution is 2.31. The van der Waals surface area contributed by atoms with Crippen molar-refractivity contribution in [1.29, 1.82) is 0 Å². The summed E-state index contributed by atoms with van der Waals surface area (Å²) >= 11 is 5.07. The third kappa shape index (κ3) is 4.90. The fourth-order valence-electron chi connectivity index (χ4n) is 2.74. The number of carbonyl (C=O) groups is 1. The Bertz CT molecular complexity index is 879. The van der Waals surface area contributed by atoms with Crippen molar-refractivity contribution in [3.05, 3.63) is 58.6 Å². The molecule has 0 unspecified atom stereocenters. The zero-order valence-electron chi connectivity index (χ0n) is 15.0. The maximum absolute atomic E-state index is 13.0. The summed E-state index contributed by atoms with van der Waals surface area (Å²) in [6, 6.07) is 15.9. The molecule has 1 heterocycles. The number of halogens is 1. The Hall–Kier alpha value is -1.76. The van der Waals surface area contributed by atoms with Gasteiger partial charge in [0.05, 0.1) is 16.6 Å². The minimum absolute atomic E-state index is 0.0908. The van der Waals surface area contributed by atoms with Gasteiger partial charge < -0.3 is 4.90 Å². The van der Waals surface area contributed by atoms with Gasteiger partial charge in [-0.1, -0.05) is 57.6 Å². The van der Waals surface area contributed by atoms with Gasteiger partial charge in [0.2, 0.25) is 5.91 Å². The van der Waals surface area contributed by atoms with E-state index in [0.29, 0.717) is 13.0 Å². The summed E-state index contributed by atoms with van der Waals surface area (Å²) in [7, 11) is 4.09. The summed E-state index contributed by atoms with van der Waals surface area (Å²) in [5.41, 5.74) is 1.96. The number of thiazole rings is 1. The predicted molar refractivity (Wildman–Crippen MR) is 113 cm³/mol. The van der Waals surface area contributed by atoms with E-state index in [1.165, 1.54) is 0 Å². The van der Waals surface area contributed by atoms with E-state index < -0.39 is 0 Å². The largest absolute Gasteiger partial charge is 0.309 e. The molecular formula is C20H22BrN3OS. The number of rotatable bonds is 7. The monoisotopic (exact) mass is 431 g/mol. The molecule has 0 saturated heterocycles. The molecule has 3 aromatic rings. The van der Waals surface area contributed by atoms with Crippen LogP contribution >= 0.6 is 27.3 Å². The molecule has 0 aliphatic heterocycles. The summed E-state index contributed by atoms with van der Waals surface area (Å²) in [5, 5.41) is 0.776. The van der Waals surface area contributed by atoms with Gasteiger partial charge in [0.25, 0.3) is 0 Å². The van der Waals surface area contributed by atoms with Gasteiger partial charge in [0.15, 0.2) is 5.13 Å². The van der Waals surface area contributed by atoms with Crippen LogP contribution < -0.4 is 4.90 Å². The van der Waals surface area contributed by atoms with Crippen LogP contribution in [-0.2, 0) is 11.2 Å². The average Bonchev–Trinajstić information content (AvgIpc) is 3.01. The van der Waals surface area contributed by atoms with Crippen molar-refractivity contribution in [3.63, 3.8) is 0 Å². The SMILES string of the molecule is CN(C)CCCN(C(=O)Cc1ccccc1)c1nc2ccc(Br)cc2s1. The Morgan fingerprint density at radius 3 is 2.62 bits per heavy atom. The molecule has 26 heavy (non-hydrogen) atoms. The van der Waals surface area contributed by atoms with Gasteiger partial charge in [-0.15, -0.1) is 0 Å². The van der Waals surface area contributed by atoms with Crippen molar-refractivity contribution >= 4 is 48.5 Å². The van der Waals surface area contributed by atoms with Crippen LogP contribution in [0.3, 0.4) is 0 Å². The number of nitrogens with zero attached hydrogens (tertiary/aromatic N) is 3. The first-order chi connectivity index (χ1) is 12.5. The van der Waals surface area contributed by atoms with Gasteiger partial charge in [-0.25, -0.2) is 4.98 Å². The maximum Gasteiger partial charge on any atom is 0.233 e. The van der Waals surface area contributed by atoms with Crippen LogP contribution in [0.4, 0.5) is 5.13 Å². The molecule has 4 nitrogen and oxygen atoms in total. The number of aromatic nitrogens is 1. The molecule has 0 aliphatic carbocycles. The second-order valence-corrected chi connectivity index (χ2v) is 8.40. The third-order valence-corrected chi connectivity index (χ3v) is 5.59. The van der Waals surface area contributed by atoms with Crippen molar-refractivity contribution in [2.45, 2.75) is 12.8 Å². The number of carbonyl (C=O) groups excluding carboxylic acids is 1. The van der Waals surface area contributed by atoms with E-state index in [9.17, 15) is 4.79 Å². The number of hydrogen-bond acceptors (Lipinski definition) is 4. The zero-order valence-corrected chi connectivity index (χ0v) is 17.4. The number of fused-ring (bicyclic) bond motifs is 1. The summed E-state index contributed by atoms with van der Waals surface area (Å²) in [4.78, 5) is 21.7. The van der Waals surface area contributed by atoms with E-state index in [1.807, 2.05) is 61.5 Å². The highest BCUT2D eigenvalue weighted by Gasteiger charge is 2.20. The molecule has 2 aromatic carbocycles. The molecule has 0 aliphatic rings. The predicted octanol–water partition coefficient (Wildman–Crippen LogP) is 4.59. The number of amides is 1. The van der Waals surface area contributed by atoms with Crippen LogP contribution in [-0.4, -0.2) is 43.0 Å². The molecule has 0 radical (unpaired) electrons. The van der Waals surface area contributed by atoms with Crippen LogP contribution in [0.1, 0.15) is 12.0 Å². The molecule has 0 N–H and O–H groups in total. The molecule has 0 spiro atoms. The first-order valence-corrected chi connectivity index (χ1v) is 10.2. The van der Waals surface area contributed by atoms with E-state index in [-0.39, 0.29) is 5.91 Å². The van der Waals surface area contributed by atoms with Crippen molar-refractivity contribution in [3.8, 4) is 0 Å². The normalized spacial score (nSPS) is 11.2. The van der Waals surface area contributed by atoms with E-state index in [1.54, 1.807) is 11.3 Å². The molecule has 136 valence electrons. The number of hydrogen-bond donors (Lipinski definition) is 0. The van der Waals surface area contributed by atoms with Crippen molar-refractivity contribution < 1.29 is 4.79 Å². The molecule has 1 aromatic heterocycles. The van der Waals surface area contributed by atoms with Crippen LogP contribution in [0.5, 0.6) is 0 Å². The lowest BCUT2D eigenvalue weighted by Gasteiger charge is -2.21. The molecule has 1 amide bonds. The van der Waals surface area contributed by atoms with Gasteiger partial charge in [-0.05, 0) is 50.8 Å². The summed E-state index contributed by atoms with van der Waals surface area (Å²) in [6.07, 6.45) is 1.30. The minimum Gasteiger partial charge on any atom is -0.309 e. The van der Waals surface area contributed by atoms with Crippen LogP contribution in [0.25, 0.3) is 10.2 Å². The van der Waals surface area contributed by atoms with Crippen LogP contribution in [0.15, 0.2) is 53.0 Å². The van der Waals surface area contributed by atoms with Gasteiger partial charge in [-0.3, -0.25) is 9.69 Å². The van der Waals surface area contributed by atoms with Crippen molar-refractivity contribution in [1.82, 2.24) is 9.88 Å². The third-order valence-electron chi connectivity index (χ3n) is 4.06. The zero-order chi connectivity index (χ0) is 18.5. The molecule has 0 atom stereocenters. The average molecular weight is 432 g/mol. The Balaban J connectivity index is 1.84. The van der Waals surface area contributed by atoms with Crippen LogP contribution in [0.2, 0.25) is 0 Å². The van der Waals surface area contributed by atoms with Gasteiger partial charge in [0, 0.05) is 11.0 Å². The van der Waals surface area contributed by atoms with Crippen molar-refractivity contribution in [2.24, 2.45) is 0 Å². The Labute approximate surface area is 166 Å². The Morgan fingerprint density at radius 2 is 1.88 bits per heavy atom. The van der Waals surface area contributed by atoms with Crippen LogP contribution in [0, 0.1) is 0 Å². The topological polar surface area (TPSA) is 36.4 Å². The van der Waals surface area contributed by atoms with E-state index >= 15 is 0 Å².